The molecule has 2 rings (SSSR count). The van der Waals surface area contributed by atoms with Crippen molar-refractivity contribution >= 4 is 27.5 Å². The standard InChI is InChI=1S/C10H13BrO2/c1-8(2)9(3)4-5-10(8,11)7(13)6(9)12/h4-5H2,1-3H3. The van der Waals surface area contributed by atoms with Gasteiger partial charge in [-0.2, -0.15) is 0 Å². The largest absolute Gasteiger partial charge is 0.290 e. The number of Topliss-reactive ketones (excluding diaryl/α,β-unsaturated/α-hetero) is 2. The van der Waals surface area contributed by atoms with E-state index in [2.05, 4.69) is 15.9 Å². The number of hydrogen-bond donors (Lipinski definition) is 0. The monoisotopic (exact) mass is 244 g/mol. The van der Waals surface area contributed by atoms with Crippen molar-refractivity contribution < 1.29 is 9.59 Å². The molecule has 2 fully saturated rings. The molecule has 0 spiro atoms. The molecule has 2 atom stereocenters. The summed E-state index contributed by atoms with van der Waals surface area (Å²) in [6.45, 7) is 5.94. The average molecular weight is 245 g/mol. The molecule has 72 valence electrons. The second-order valence-electron chi connectivity index (χ2n) is 4.92. The predicted octanol–water partition coefficient (Wildman–Crippen LogP) is 2.10. The van der Waals surface area contributed by atoms with Crippen LogP contribution in [0, 0.1) is 10.8 Å². The van der Waals surface area contributed by atoms with Gasteiger partial charge in [0.1, 0.15) is 0 Å². The van der Waals surface area contributed by atoms with E-state index >= 15 is 0 Å². The minimum Gasteiger partial charge on any atom is -0.290 e. The van der Waals surface area contributed by atoms with E-state index in [1.54, 1.807) is 0 Å². The fourth-order valence-electron chi connectivity index (χ4n) is 2.71. The van der Waals surface area contributed by atoms with Crippen molar-refractivity contribution in [1.82, 2.24) is 0 Å². The third-order valence-corrected chi connectivity index (χ3v) is 6.15. The highest BCUT2D eigenvalue weighted by atomic mass is 79.9. The van der Waals surface area contributed by atoms with Crippen molar-refractivity contribution in [1.29, 1.82) is 0 Å². The molecule has 0 aromatic rings. The van der Waals surface area contributed by atoms with E-state index in [0.717, 1.165) is 12.8 Å². The van der Waals surface area contributed by atoms with Gasteiger partial charge in [0.2, 0.25) is 11.6 Å². The van der Waals surface area contributed by atoms with Gasteiger partial charge in [0.15, 0.2) is 0 Å². The van der Waals surface area contributed by atoms with Gasteiger partial charge in [-0.05, 0) is 12.8 Å². The van der Waals surface area contributed by atoms with Crippen LogP contribution in [0.5, 0.6) is 0 Å². The first-order chi connectivity index (χ1) is 5.77. The van der Waals surface area contributed by atoms with Crippen LogP contribution in [-0.2, 0) is 9.59 Å². The Labute approximate surface area is 86.2 Å². The van der Waals surface area contributed by atoms with Gasteiger partial charge in [-0.3, -0.25) is 9.59 Å². The smallest absolute Gasteiger partial charge is 0.216 e. The topological polar surface area (TPSA) is 34.1 Å². The number of alkyl halides is 1. The van der Waals surface area contributed by atoms with Crippen molar-refractivity contribution in [3.05, 3.63) is 0 Å². The first-order valence-electron chi connectivity index (χ1n) is 4.55. The van der Waals surface area contributed by atoms with Crippen molar-refractivity contribution in [2.45, 2.75) is 37.9 Å². The lowest BCUT2D eigenvalue weighted by Gasteiger charge is -2.34. The van der Waals surface area contributed by atoms with E-state index in [1.807, 2.05) is 20.8 Å². The summed E-state index contributed by atoms with van der Waals surface area (Å²) >= 11 is 3.48. The fraction of sp³-hybridized carbons (Fsp3) is 0.800. The average Bonchev–Trinajstić information content (AvgIpc) is 2.28. The van der Waals surface area contributed by atoms with Gasteiger partial charge in [-0.25, -0.2) is 0 Å². The predicted molar refractivity (Wildman–Crippen MR) is 52.8 cm³/mol. The minimum absolute atomic E-state index is 0.180. The fourth-order valence-corrected chi connectivity index (χ4v) is 3.53. The molecule has 0 heterocycles. The highest BCUT2D eigenvalue weighted by Gasteiger charge is 2.74. The first kappa shape index (κ1) is 9.38. The second kappa shape index (κ2) is 2.08. The maximum absolute atomic E-state index is 11.7. The quantitative estimate of drug-likeness (QED) is 0.483. The summed E-state index contributed by atoms with van der Waals surface area (Å²) in [5.74, 6) is -0.396. The Hall–Kier alpha value is -0.180. The number of hydrogen-bond acceptors (Lipinski definition) is 2. The van der Waals surface area contributed by atoms with Gasteiger partial charge >= 0.3 is 0 Å². The zero-order chi connectivity index (χ0) is 10.1. The van der Waals surface area contributed by atoms with Gasteiger partial charge in [-0.15, -0.1) is 0 Å². The maximum Gasteiger partial charge on any atom is 0.216 e. The molecule has 3 heteroatoms. The van der Waals surface area contributed by atoms with Crippen LogP contribution in [0.25, 0.3) is 0 Å². The number of carbonyl (C=O) groups is 2. The molecule has 2 aliphatic rings. The Morgan fingerprint density at radius 2 is 1.62 bits per heavy atom. The number of fused-ring (bicyclic) bond motifs is 2. The van der Waals surface area contributed by atoms with Crippen LogP contribution in [0.2, 0.25) is 0 Å². The molecule has 2 unspecified atom stereocenters. The van der Waals surface area contributed by atoms with Crippen molar-refractivity contribution in [2.24, 2.45) is 10.8 Å². The molecule has 0 N–H and O–H groups in total. The van der Waals surface area contributed by atoms with E-state index in [-0.39, 0.29) is 17.0 Å². The lowest BCUT2D eigenvalue weighted by Crippen LogP contribution is -2.38. The molecule has 2 saturated carbocycles. The Bertz CT molecular complexity index is 291. The molecular weight excluding hydrogens is 232 g/mol. The van der Waals surface area contributed by atoms with Crippen molar-refractivity contribution in [3.63, 3.8) is 0 Å². The van der Waals surface area contributed by atoms with E-state index in [1.165, 1.54) is 0 Å². The van der Waals surface area contributed by atoms with E-state index < -0.39 is 9.74 Å². The van der Waals surface area contributed by atoms with Crippen LogP contribution in [0.15, 0.2) is 0 Å². The summed E-state index contributed by atoms with van der Waals surface area (Å²) < 4.78 is -0.578. The first-order valence-corrected chi connectivity index (χ1v) is 5.35. The van der Waals surface area contributed by atoms with Crippen LogP contribution in [0.4, 0.5) is 0 Å². The van der Waals surface area contributed by atoms with Crippen molar-refractivity contribution in [3.8, 4) is 0 Å². The Balaban J connectivity index is 2.68. The van der Waals surface area contributed by atoms with Crippen LogP contribution in [-0.4, -0.2) is 15.9 Å². The molecule has 0 aromatic carbocycles. The molecule has 2 bridgehead atoms. The SMILES string of the molecule is CC12CCC(Br)(C(=O)C1=O)C2(C)C. The molecule has 0 aromatic heterocycles. The molecule has 0 aliphatic heterocycles. The normalized spacial score (nSPS) is 47.4. The highest BCUT2D eigenvalue weighted by molar-refractivity contribution is 9.10. The van der Waals surface area contributed by atoms with Crippen molar-refractivity contribution in [2.75, 3.05) is 0 Å². The lowest BCUT2D eigenvalue weighted by atomic mass is 9.70. The number of carbonyl (C=O) groups excluding carboxylic acids is 2. The second-order valence-corrected chi connectivity index (χ2v) is 6.27. The number of rotatable bonds is 0. The summed E-state index contributed by atoms with van der Waals surface area (Å²) in [6.07, 6.45) is 1.62. The maximum atomic E-state index is 11.7. The van der Waals surface area contributed by atoms with Gasteiger partial charge in [0.05, 0.1) is 4.32 Å². The molecule has 0 radical (unpaired) electrons. The number of halogens is 1. The third kappa shape index (κ3) is 0.684. The van der Waals surface area contributed by atoms with E-state index in [9.17, 15) is 9.59 Å². The summed E-state index contributed by atoms with van der Waals surface area (Å²) in [5, 5.41) is 0. The molecule has 0 saturated heterocycles. The third-order valence-electron chi connectivity index (χ3n) is 4.41. The molecular formula is C10H13BrO2. The number of ketones is 2. The Kier molecular flexibility index (Phi) is 1.50. The molecule has 0 amide bonds. The summed E-state index contributed by atoms with van der Waals surface area (Å²) in [5.41, 5.74) is -0.679. The summed E-state index contributed by atoms with van der Waals surface area (Å²) in [7, 11) is 0. The summed E-state index contributed by atoms with van der Waals surface area (Å²) in [4.78, 5) is 23.4. The van der Waals surface area contributed by atoms with E-state index in [0.29, 0.717) is 0 Å². The lowest BCUT2D eigenvalue weighted by molar-refractivity contribution is -0.140. The molecule has 2 nitrogen and oxygen atoms in total. The summed E-state index contributed by atoms with van der Waals surface area (Å²) in [6, 6.07) is 0. The van der Waals surface area contributed by atoms with Gasteiger partial charge in [-0.1, -0.05) is 36.7 Å². The molecule has 2 aliphatic carbocycles. The van der Waals surface area contributed by atoms with E-state index in [4.69, 9.17) is 0 Å². The zero-order valence-electron chi connectivity index (χ0n) is 8.11. The Morgan fingerprint density at radius 3 is 1.85 bits per heavy atom. The minimum atomic E-state index is -0.578. The van der Waals surface area contributed by atoms with Gasteiger partial charge in [0, 0.05) is 10.8 Å². The van der Waals surface area contributed by atoms with Crippen LogP contribution in [0.3, 0.4) is 0 Å². The highest BCUT2D eigenvalue weighted by Crippen LogP contribution is 2.67. The van der Waals surface area contributed by atoms with Crippen LogP contribution >= 0.6 is 15.9 Å². The Morgan fingerprint density at radius 1 is 1.08 bits per heavy atom. The van der Waals surface area contributed by atoms with Crippen LogP contribution < -0.4 is 0 Å². The van der Waals surface area contributed by atoms with Gasteiger partial charge in [0.25, 0.3) is 0 Å². The zero-order valence-corrected chi connectivity index (χ0v) is 9.69. The molecule has 13 heavy (non-hydrogen) atoms. The van der Waals surface area contributed by atoms with Gasteiger partial charge < -0.3 is 0 Å². The van der Waals surface area contributed by atoms with Crippen LogP contribution in [0.1, 0.15) is 33.6 Å².